The molecule has 3 rings (SSSR count). The van der Waals surface area contributed by atoms with Crippen LogP contribution in [0.15, 0.2) is 48.5 Å². The van der Waals surface area contributed by atoms with Crippen LogP contribution in [0, 0.1) is 0 Å². The lowest BCUT2D eigenvalue weighted by Crippen LogP contribution is -2.23. The van der Waals surface area contributed by atoms with Crippen LogP contribution in [0.1, 0.15) is 21.6 Å². The van der Waals surface area contributed by atoms with Gasteiger partial charge in [-0.1, -0.05) is 23.7 Å². The van der Waals surface area contributed by atoms with Gasteiger partial charge < -0.3 is 10.3 Å². The van der Waals surface area contributed by atoms with E-state index in [4.69, 9.17) is 11.6 Å². The Morgan fingerprint density at radius 2 is 1.79 bits per heavy atom. The van der Waals surface area contributed by atoms with Crippen LogP contribution in [0.3, 0.4) is 0 Å². The van der Waals surface area contributed by atoms with Crippen LogP contribution in [0.2, 0.25) is 5.02 Å². The molecule has 0 spiro atoms. The number of H-pyrrole nitrogens is 1. The summed E-state index contributed by atoms with van der Waals surface area (Å²) in [6, 6.07) is 11.6. The van der Waals surface area contributed by atoms with E-state index in [-0.39, 0.29) is 12.5 Å². The molecule has 0 unspecified atom stereocenters. The van der Waals surface area contributed by atoms with Crippen molar-refractivity contribution >= 4 is 28.4 Å². The Kier molecular flexibility index (Phi) is 4.24. The molecule has 0 atom stereocenters. The number of rotatable bonds is 3. The number of halogens is 4. The molecule has 0 radical (unpaired) electrons. The molecule has 2 aromatic carbocycles. The van der Waals surface area contributed by atoms with E-state index in [1.165, 1.54) is 12.1 Å². The normalized spacial score (nSPS) is 11.7. The molecule has 0 saturated heterocycles. The van der Waals surface area contributed by atoms with Crippen molar-refractivity contribution in [1.82, 2.24) is 10.3 Å². The second-order valence-corrected chi connectivity index (χ2v) is 5.73. The maximum Gasteiger partial charge on any atom is 0.416 e. The quantitative estimate of drug-likeness (QED) is 0.700. The van der Waals surface area contributed by atoms with E-state index in [2.05, 4.69) is 10.3 Å². The average molecular weight is 353 g/mol. The van der Waals surface area contributed by atoms with Crippen LogP contribution in [-0.2, 0) is 12.7 Å². The highest BCUT2D eigenvalue weighted by Gasteiger charge is 2.29. The Hall–Kier alpha value is -2.47. The highest BCUT2D eigenvalue weighted by molar-refractivity contribution is 6.31. The van der Waals surface area contributed by atoms with Crippen LogP contribution in [0.5, 0.6) is 0 Å². The van der Waals surface area contributed by atoms with E-state index in [1.54, 1.807) is 24.3 Å². The average Bonchev–Trinajstić information content (AvgIpc) is 2.95. The fourth-order valence-electron chi connectivity index (χ4n) is 2.31. The maximum absolute atomic E-state index is 12.5. The molecule has 1 aromatic heterocycles. The van der Waals surface area contributed by atoms with Gasteiger partial charge in [0.25, 0.3) is 5.91 Å². The van der Waals surface area contributed by atoms with E-state index in [1.807, 2.05) is 0 Å². The summed E-state index contributed by atoms with van der Waals surface area (Å²) in [7, 11) is 0. The number of carbonyl (C=O) groups is 1. The van der Waals surface area contributed by atoms with Crippen molar-refractivity contribution in [2.75, 3.05) is 0 Å². The largest absolute Gasteiger partial charge is 0.416 e. The van der Waals surface area contributed by atoms with Gasteiger partial charge in [0.1, 0.15) is 5.69 Å². The summed E-state index contributed by atoms with van der Waals surface area (Å²) in [5, 5.41) is 4.04. The Balaban J connectivity index is 1.68. The van der Waals surface area contributed by atoms with Crippen molar-refractivity contribution in [1.29, 1.82) is 0 Å². The summed E-state index contributed by atoms with van der Waals surface area (Å²) >= 11 is 5.90. The van der Waals surface area contributed by atoms with E-state index >= 15 is 0 Å². The lowest BCUT2D eigenvalue weighted by Gasteiger charge is -2.08. The number of nitrogens with one attached hydrogen (secondary N) is 2. The van der Waals surface area contributed by atoms with E-state index in [0.717, 1.165) is 23.0 Å². The van der Waals surface area contributed by atoms with Gasteiger partial charge in [-0.3, -0.25) is 4.79 Å². The summed E-state index contributed by atoms with van der Waals surface area (Å²) in [6.45, 7) is 0.132. The molecule has 0 aliphatic rings. The number of hydrogen-bond acceptors (Lipinski definition) is 1. The standard InChI is InChI=1S/C17H12ClF3N2O/c18-13-5-6-14-11(7-13)8-15(23-14)16(24)22-9-10-1-3-12(4-2-10)17(19,20)21/h1-8,23H,9H2,(H,22,24). The van der Waals surface area contributed by atoms with Gasteiger partial charge in [-0.05, 0) is 42.0 Å². The first kappa shape index (κ1) is 16.4. The van der Waals surface area contributed by atoms with Gasteiger partial charge in [-0.2, -0.15) is 13.2 Å². The third-order valence-electron chi connectivity index (χ3n) is 3.56. The zero-order valence-electron chi connectivity index (χ0n) is 12.2. The third-order valence-corrected chi connectivity index (χ3v) is 3.80. The highest BCUT2D eigenvalue weighted by Crippen LogP contribution is 2.29. The number of benzene rings is 2. The Morgan fingerprint density at radius 3 is 2.46 bits per heavy atom. The van der Waals surface area contributed by atoms with Gasteiger partial charge in [0, 0.05) is 22.5 Å². The molecule has 3 nitrogen and oxygen atoms in total. The number of amides is 1. The van der Waals surface area contributed by atoms with Crippen LogP contribution >= 0.6 is 11.6 Å². The molecule has 1 heterocycles. The highest BCUT2D eigenvalue weighted by atomic mass is 35.5. The maximum atomic E-state index is 12.5. The predicted molar refractivity (Wildman–Crippen MR) is 85.9 cm³/mol. The zero-order valence-corrected chi connectivity index (χ0v) is 13.0. The van der Waals surface area contributed by atoms with Gasteiger partial charge in [-0.15, -0.1) is 0 Å². The van der Waals surface area contributed by atoms with Crippen molar-refractivity contribution in [3.05, 3.63) is 70.4 Å². The molecule has 124 valence electrons. The number of alkyl halides is 3. The van der Waals surface area contributed by atoms with Gasteiger partial charge in [0.05, 0.1) is 5.56 Å². The summed E-state index contributed by atoms with van der Waals surface area (Å²) in [5.74, 6) is -0.345. The fraction of sp³-hybridized carbons (Fsp3) is 0.118. The predicted octanol–water partition coefficient (Wildman–Crippen LogP) is 4.77. The first-order chi connectivity index (χ1) is 11.3. The Labute approximate surface area is 140 Å². The van der Waals surface area contributed by atoms with Crippen molar-refractivity contribution in [3.8, 4) is 0 Å². The second-order valence-electron chi connectivity index (χ2n) is 5.29. The fourth-order valence-corrected chi connectivity index (χ4v) is 2.50. The second kappa shape index (κ2) is 6.20. The SMILES string of the molecule is O=C(NCc1ccc(C(F)(F)F)cc1)c1cc2cc(Cl)ccc2[nH]1. The molecule has 24 heavy (non-hydrogen) atoms. The molecule has 2 N–H and O–H groups in total. The first-order valence-electron chi connectivity index (χ1n) is 7.05. The number of hydrogen-bond donors (Lipinski definition) is 2. The number of aromatic nitrogens is 1. The summed E-state index contributed by atoms with van der Waals surface area (Å²) in [6.07, 6.45) is -4.37. The molecule has 0 saturated carbocycles. The lowest BCUT2D eigenvalue weighted by molar-refractivity contribution is -0.137. The molecular weight excluding hydrogens is 341 g/mol. The monoisotopic (exact) mass is 352 g/mol. The zero-order chi connectivity index (χ0) is 17.3. The number of fused-ring (bicyclic) bond motifs is 1. The molecule has 0 aliphatic heterocycles. The van der Waals surface area contributed by atoms with E-state index in [0.29, 0.717) is 16.3 Å². The topological polar surface area (TPSA) is 44.9 Å². The van der Waals surface area contributed by atoms with Crippen molar-refractivity contribution in [2.45, 2.75) is 12.7 Å². The number of aromatic amines is 1. The van der Waals surface area contributed by atoms with Crippen LogP contribution in [0.4, 0.5) is 13.2 Å². The summed E-state index contributed by atoms with van der Waals surface area (Å²) in [4.78, 5) is 15.1. The van der Waals surface area contributed by atoms with Crippen molar-refractivity contribution in [2.24, 2.45) is 0 Å². The molecule has 7 heteroatoms. The van der Waals surface area contributed by atoms with E-state index in [9.17, 15) is 18.0 Å². The van der Waals surface area contributed by atoms with Crippen molar-refractivity contribution in [3.63, 3.8) is 0 Å². The minimum Gasteiger partial charge on any atom is -0.351 e. The summed E-state index contributed by atoms with van der Waals surface area (Å²) < 4.78 is 37.5. The Bertz CT molecular complexity index is 885. The molecule has 0 aliphatic carbocycles. The van der Waals surface area contributed by atoms with Crippen LogP contribution < -0.4 is 5.32 Å². The van der Waals surface area contributed by atoms with Crippen LogP contribution in [0.25, 0.3) is 10.9 Å². The van der Waals surface area contributed by atoms with E-state index < -0.39 is 11.7 Å². The molecule has 0 bridgehead atoms. The van der Waals surface area contributed by atoms with Gasteiger partial charge in [0.15, 0.2) is 0 Å². The minimum absolute atomic E-state index is 0.132. The van der Waals surface area contributed by atoms with Gasteiger partial charge in [-0.25, -0.2) is 0 Å². The van der Waals surface area contributed by atoms with Gasteiger partial charge >= 0.3 is 6.18 Å². The molecule has 0 fully saturated rings. The van der Waals surface area contributed by atoms with Crippen molar-refractivity contribution < 1.29 is 18.0 Å². The minimum atomic E-state index is -4.37. The van der Waals surface area contributed by atoms with Gasteiger partial charge in [0.2, 0.25) is 0 Å². The molecular formula is C17H12ClF3N2O. The first-order valence-corrected chi connectivity index (χ1v) is 7.43. The molecule has 3 aromatic rings. The van der Waals surface area contributed by atoms with Crippen LogP contribution in [-0.4, -0.2) is 10.9 Å². The number of carbonyl (C=O) groups excluding carboxylic acids is 1. The smallest absolute Gasteiger partial charge is 0.351 e. The molecule has 1 amide bonds. The third kappa shape index (κ3) is 3.54. The lowest BCUT2D eigenvalue weighted by atomic mass is 10.1. The Morgan fingerprint density at radius 1 is 1.08 bits per heavy atom. The summed E-state index contributed by atoms with van der Waals surface area (Å²) in [5.41, 5.74) is 0.999.